The van der Waals surface area contributed by atoms with Gasteiger partial charge in [-0.1, -0.05) is 199 Å². The molecule has 0 N–H and O–H groups in total. The molecule has 69 heavy (non-hydrogen) atoms. The quantitative estimate of drug-likeness (QED) is 0.112. The van der Waals surface area contributed by atoms with Crippen molar-refractivity contribution in [3.05, 3.63) is 252 Å². The number of anilines is 3. The lowest BCUT2D eigenvalue weighted by Gasteiger charge is -2.35. The van der Waals surface area contributed by atoms with Crippen molar-refractivity contribution in [2.45, 2.75) is 83.5 Å². The molecule has 10 aromatic rings. The fraction of sp³-hybridized carbons (Fsp3) is 0.194. The van der Waals surface area contributed by atoms with Crippen LogP contribution in [0.5, 0.6) is 0 Å². The largest absolute Gasteiger partial charge is 0.310 e. The van der Waals surface area contributed by atoms with Gasteiger partial charge in [0.1, 0.15) is 0 Å². The predicted molar refractivity (Wildman–Crippen MR) is 294 cm³/mol. The van der Waals surface area contributed by atoms with E-state index < -0.39 is 5.41 Å². The van der Waals surface area contributed by atoms with Crippen molar-refractivity contribution in [1.82, 2.24) is 4.57 Å². The summed E-state index contributed by atoms with van der Waals surface area (Å²) in [6.07, 6.45) is 4.34. The van der Waals surface area contributed by atoms with Crippen LogP contribution in [-0.4, -0.2) is 4.57 Å². The van der Waals surface area contributed by atoms with Gasteiger partial charge in [0.15, 0.2) is 0 Å². The Labute approximate surface area is 409 Å². The summed E-state index contributed by atoms with van der Waals surface area (Å²) in [5.74, 6) is 0. The normalized spacial score (nSPS) is 13.1. The van der Waals surface area contributed by atoms with Gasteiger partial charge in [-0.3, -0.25) is 0 Å². The van der Waals surface area contributed by atoms with Gasteiger partial charge in [0.25, 0.3) is 0 Å². The van der Waals surface area contributed by atoms with Gasteiger partial charge < -0.3 is 9.47 Å². The van der Waals surface area contributed by atoms with Crippen LogP contribution in [0.3, 0.4) is 0 Å². The van der Waals surface area contributed by atoms with Gasteiger partial charge in [-0.2, -0.15) is 0 Å². The molecule has 0 saturated heterocycles. The molecule has 340 valence electrons. The maximum absolute atomic E-state index is 2.60. The Hall–Kier alpha value is -7.42. The van der Waals surface area contributed by atoms with Crippen LogP contribution in [0.2, 0.25) is 0 Å². The highest BCUT2D eigenvalue weighted by Crippen LogP contribution is 2.58. The van der Waals surface area contributed by atoms with E-state index in [0.29, 0.717) is 0 Å². The summed E-state index contributed by atoms with van der Waals surface area (Å²) in [7, 11) is 0. The molecule has 2 nitrogen and oxygen atoms in total. The summed E-state index contributed by atoms with van der Waals surface area (Å²) in [6, 6.07) is 82.2. The van der Waals surface area contributed by atoms with Crippen molar-refractivity contribution in [3.8, 4) is 27.9 Å². The molecule has 0 radical (unpaired) electrons. The van der Waals surface area contributed by atoms with Gasteiger partial charge in [-0.05, 0) is 153 Å². The Morgan fingerprint density at radius 2 is 0.812 bits per heavy atom. The molecule has 0 atom stereocenters. The monoisotopic (exact) mass is 894 g/mol. The third-order valence-electron chi connectivity index (χ3n) is 16.6. The highest BCUT2D eigenvalue weighted by molar-refractivity contribution is 6.10. The second-order valence-corrected chi connectivity index (χ2v) is 19.9. The van der Waals surface area contributed by atoms with E-state index in [0.717, 1.165) is 42.7 Å². The molecule has 0 fully saturated rings. The maximum Gasteiger partial charge on any atom is 0.0715 e. The summed E-state index contributed by atoms with van der Waals surface area (Å²) in [4.78, 5) is 2.41. The molecule has 1 aliphatic rings. The second kappa shape index (κ2) is 17.6. The average Bonchev–Trinajstić information content (AvgIpc) is 3.90. The van der Waals surface area contributed by atoms with Crippen molar-refractivity contribution in [1.29, 1.82) is 0 Å². The van der Waals surface area contributed by atoms with E-state index in [1.807, 2.05) is 0 Å². The van der Waals surface area contributed by atoms with Gasteiger partial charge in [0.05, 0.1) is 16.4 Å². The highest BCUT2D eigenvalue weighted by atomic mass is 15.1. The molecule has 0 amide bonds. The summed E-state index contributed by atoms with van der Waals surface area (Å²) < 4.78 is 2.60. The predicted octanol–water partition coefficient (Wildman–Crippen LogP) is 18.4. The summed E-state index contributed by atoms with van der Waals surface area (Å²) in [6.45, 7) is 14.2. The summed E-state index contributed by atoms with van der Waals surface area (Å²) in [5.41, 5.74) is 19.4. The van der Waals surface area contributed by atoms with Crippen LogP contribution in [0.1, 0.15) is 101 Å². The number of aromatic nitrogens is 1. The fourth-order valence-corrected chi connectivity index (χ4v) is 11.6. The molecule has 0 aliphatic heterocycles. The average molecular weight is 895 g/mol. The van der Waals surface area contributed by atoms with Gasteiger partial charge in [0, 0.05) is 33.5 Å². The van der Waals surface area contributed by atoms with E-state index in [-0.39, 0.29) is 10.8 Å². The van der Waals surface area contributed by atoms with E-state index in [9.17, 15) is 0 Å². The zero-order valence-electron chi connectivity index (χ0n) is 41.0. The number of benzene rings is 9. The number of fused-ring (bicyclic) bond motifs is 6. The molecule has 1 aliphatic carbocycles. The van der Waals surface area contributed by atoms with Crippen molar-refractivity contribution in [2.24, 2.45) is 0 Å². The Kier molecular flexibility index (Phi) is 11.2. The molecule has 11 rings (SSSR count). The Morgan fingerprint density at radius 1 is 0.391 bits per heavy atom. The van der Waals surface area contributed by atoms with Crippen molar-refractivity contribution in [3.63, 3.8) is 0 Å². The molecule has 1 aromatic heterocycles. The van der Waals surface area contributed by atoms with Crippen LogP contribution < -0.4 is 4.90 Å². The SMILES string of the molecule is CCC(C)(CC)c1ccc2c3ccc(C(C)(CC)CC)cc3n(-c3ccc4c(c3)C(c3ccccc3)(c3ccccc3)c3cc(N(c5ccccc5)c5ccc(-c6ccccc6)cc5)ccc3-4)c2c1. The molecular weight excluding hydrogens is 833 g/mol. The van der Waals surface area contributed by atoms with Gasteiger partial charge in [-0.25, -0.2) is 0 Å². The molecular formula is C67H62N2. The van der Waals surface area contributed by atoms with E-state index in [1.54, 1.807) is 0 Å². The minimum Gasteiger partial charge on any atom is -0.310 e. The van der Waals surface area contributed by atoms with Gasteiger partial charge in [-0.15, -0.1) is 0 Å². The fourth-order valence-electron chi connectivity index (χ4n) is 11.6. The van der Waals surface area contributed by atoms with Crippen molar-refractivity contribution < 1.29 is 0 Å². The first kappa shape index (κ1) is 44.1. The first-order valence-electron chi connectivity index (χ1n) is 25.3. The minimum atomic E-state index is -0.625. The molecule has 1 heterocycles. The number of rotatable bonds is 13. The zero-order chi connectivity index (χ0) is 47.3. The standard InChI is InChI=1S/C67H62N2/c1-7-65(5,8-2)51-33-39-59-60-40-34-52(66(6,9-3)10-4)44-64(60)69(63(59)43-51)56-38-42-58-57-41-37-55(45-61(57)67(62(58)46-56,49-25-17-12-18-26-49)50-27-19-13-20-28-50)68(53-29-21-14-22-30-53)54-35-31-48(32-36-54)47-23-15-11-16-24-47/h11-46H,7-10H2,1-6H3. The minimum absolute atomic E-state index is 0.0776. The zero-order valence-corrected chi connectivity index (χ0v) is 41.0. The Bertz CT molecular complexity index is 3320. The second-order valence-electron chi connectivity index (χ2n) is 19.9. The number of hydrogen-bond donors (Lipinski definition) is 0. The third-order valence-corrected chi connectivity index (χ3v) is 16.6. The molecule has 0 bridgehead atoms. The van der Waals surface area contributed by atoms with Crippen LogP contribution >= 0.6 is 0 Å². The van der Waals surface area contributed by atoms with E-state index in [4.69, 9.17) is 0 Å². The summed E-state index contributed by atoms with van der Waals surface area (Å²) in [5, 5.41) is 2.60. The third kappa shape index (κ3) is 7.14. The van der Waals surface area contributed by atoms with E-state index in [2.05, 4.69) is 269 Å². The molecule has 9 aromatic carbocycles. The Morgan fingerprint density at radius 3 is 1.32 bits per heavy atom. The number of hydrogen-bond acceptors (Lipinski definition) is 1. The Balaban J connectivity index is 1.18. The first-order chi connectivity index (χ1) is 33.7. The lowest BCUT2D eigenvalue weighted by Crippen LogP contribution is -2.29. The molecule has 0 unspecified atom stereocenters. The maximum atomic E-state index is 2.60. The topological polar surface area (TPSA) is 8.17 Å². The molecule has 2 heteroatoms. The van der Waals surface area contributed by atoms with E-state index in [1.165, 1.54) is 83.1 Å². The van der Waals surface area contributed by atoms with Gasteiger partial charge >= 0.3 is 0 Å². The van der Waals surface area contributed by atoms with Gasteiger partial charge in [0.2, 0.25) is 0 Å². The number of nitrogens with zero attached hydrogens (tertiary/aromatic N) is 2. The molecule has 0 saturated carbocycles. The van der Waals surface area contributed by atoms with Crippen molar-refractivity contribution in [2.75, 3.05) is 4.90 Å². The van der Waals surface area contributed by atoms with Crippen LogP contribution in [-0.2, 0) is 16.2 Å². The van der Waals surface area contributed by atoms with Crippen LogP contribution in [0.25, 0.3) is 49.7 Å². The number of para-hydroxylation sites is 1. The first-order valence-corrected chi connectivity index (χ1v) is 25.3. The smallest absolute Gasteiger partial charge is 0.0715 e. The molecule has 0 spiro atoms. The lowest BCUT2D eigenvalue weighted by molar-refractivity contribution is 0.439. The van der Waals surface area contributed by atoms with Crippen LogP contribution in [0.4, 0.5) is 17.1 Å². The highest BCUT2D eigenvalue weighted by Gasteiger charge is 2.47. The van der Waals surface area contributed by atoms with Crippen LogP contribution in [0.15, 0.2) is 218 Å². The summed E-state index contributed by atoms with van der Waals surface area (Å²) >= 11 is 0. The van der Waals surface area contributed by atoms with Crippen molar-refractivity contribution >= 4 is 38.9 Å². The lowest BCUT2D eigenvalue weighted by atomic mass is 9.67. The van der Waals surface area contributed by atoms with Crippen LogP contribution in [0, 0.1) is 0 Å². The van der Waals surface area contributed by atoms with E-state index >= 15 is 0 Å².